The summed E-state index contributed by atoms with van der Waals surface area (Å²) < 4.78 is 34.2. The van der Waals surface area contributed by atoms with E-state index in [1.54, 1.807) is 6.07 Å². The van der Waals surface area contributed by atoms with E-state index in [4.69, 9.17) is 21.1 Å². The summed E-state index contributed by atoms with van der Waals surface area (Å²) in [6, 6.07) is 6.38. The zero-order chi connectivity index (χ0) is 22.1. The van der Waals surface area contributed by atoms with Crippen molar-refractivity contribution in [1.29, 1.82) is 0 Å². The summed E-state index contributed by atoms with van der Waals surface area (Å²) in [5.74, 6) is -0.134. The van der Waals surface area contributed by atoms with Crippen molar-refractivity contribution in [2.75, 3.05) is 25.8 Å². The third-order valence-electron chi connectivity index (χ3n) is 3.95. The van der Waals surface area contributed by atoms with Crippen molar-refractivity contribution in [3.63, 3.8) is 0 Å². The summed E-state index contributed by atoms with van der Waals surface area (Å²) in [6.07, 6.45) is 1.10. The van der Waals surface area contributed by atoms with Gasteiger partial charge in [0.2, 0.25) is 0 Å². The standard InChI is InChI=1S/C18H16ClN3O6S2/c1-27-13-7-10(11(19)8-14(13)28-2)16(23)21-17(24)22-18-20-12-5-4-9(30(3,25)26)6-15(12)29-18/h4-8H,1-3H3,(H2,20,21,22,23,24). The van der Waals surface area contributed by atoms with Crippen LogP contribution in [0.15, 0.2) is 35.2 Å². The maximum Gasteiger partial charge on any atom is 0.327 e. The highest BCUT2D eigenvalue weighted by atomic mass is 35.5. The number of ether oxygens (including phenoxy) is 2. The predicted molar refractivity (Wildman–Crippen MR) is 114 cm³/mol. The molecule has 0 atom stereocenters. The van der Waals surface area contributed by atoms with Gasteiger partial charge in [0.05, 0.1) is 39.9 Å². The van der Waals surface area contributed by atoms with Crippen molar-refractivity contribution in [2.45, 2.75) is 4.90 Å². The molecule has 9 nitrogen and oxygen atoms in total. The molecule has 0 spiro atoms. The highest BCUT2D eigenvalue weighted by molar-refractivity contribution is 7.90. The van der Waals surface area contributed by atoms with Gasteiger partial charge in [-0.3, -0.25) is 15.4 Å². The number of imide groups is 1. The Morgan fingerprint density at radius 3 is 2.40 bits per heavy atom. The fourth-order valence-electron chi connectivity index (χ4n) is 2.52. The number of sulfone groups is 1. The van der Waals surface area contributed by atoms with Crippen molar-refractivity contribution >= 4 is 60.1 Å². The predicted octanol–water partition coefficient (Wildman–Crippen LogP) is 3.33. The maximum atomic E-state index is 12.4. The first-order chi connectivity index (χ1) is 14.1. The van der Waals surface area contributed by atoms with Crippen molar-refractivity contribution in [2.24, 2.45) is 0 Å². The fourth-order valence-corrected chi connectivity index (χ4v) is 4.38. The molecule has 1 heterocycles. The quantitative estimate of drug-likeness (QED) is 0.587. The molecule has 0 radical (unpaired) electrons. The summed E-state index contributed by atoms with van der Waals surface area (Å²) in [6.45, 7) is 0. The molecule has 0 saturated carbocycles. The van der Waals surface area contributed by atoms with Crippen LogP contribution in [0.5, 0.6) is 11.5 Å². The number of carbonyl (C=O) groups excluding carboxylic acids is 2. The van der Waals surface area contributed by atoms with Gasteiger partial charge in [-0.2, -0.15) is 0 Å². The summed E-state index contributed by atoms with van der Waals surface area (Å²) in [5, 5.41) is 4.87. The lowest BCUT2D eigenvalue weighted by Gasteiger charge is -2.11. The topological polar surface area (TPSA) is 124 Å². The molecule has 0 unspecified atom stereocenters. The van der Waals surface area contributed by atoms with Crippen LogP contribution in [0.4, 0.5) is 9.93 Å². The first-order valence-electron chi connectivity index (χ1n) is 8.27. The minimum absolute atomic E-state index is 0.0200. The van der Waals surface area contributed by atoms with E-state index in [1.807, 2.05) is 0 Å². The number of nitrogens with zero attached hydrogens (tertiary/aromatic N) is 1. The van der Waals surface area contributed by atoms with Crippen LogP contribution in [0.2, 0.25) is 5.02 Å². The molecule has 3 aromatic rings. The van der Waals surface area contributed by atoms with Gasteiger partial charge < -0.3 is 9.47 Å². The Kier molecular flexibility index (Phi) is 6.15. The third kappa shape index (κ3) is 4.64. The minimum atomic E-state index is -3.37. The van der Waals surface area contributed by atoms with Crippen LogP contribution in [0.25, 0.3) is 10.2 Å². The highest BCUT2D eigenvalue weighted by Gasteiger charge is 2.19. The Morgan fingerprint density at radius 2 is 1.77 bits per heavy atom. The summed E-state index contributed by atoms with van der Waals surface area (Å²) >= 11 is 7.16. The van der Waals surface area contributed by atoms with Gasteiger partial charge in [-0.25, -0.2) is 18.2 Å². The molecule has 0 bridgehead atoms. The zero-order valence-corrected chi connectivity index (χ0v) is 18.4. The van der Waals surface area contributed by atoms with Gasteiger partial charge >= 0.3 is 6.03 Å². The van der Waals surface area contributed by atoms with E-state index in [0.717, 1.165) is 17.6 Å². The number of hydrogen-bond acceptors (Lipinski definition) is 8. The van der Waals surface area contributed by atoms with Crippen LogP contribution in [-0.4, -0.2) is 45.8 Å². The molecule has 0 aliphatic carbocycles. The summed E-state index contributed by atoms with van der Waals surface area (Å²) in [4.78, 5) is 29.0. The van der Waals surface area contributed by atoms with Crippen LogP contribution in [-0.2, 0) is 9.84 Å². The third-order valence-corrected chi connectivity index (χ3v) is 6.31. The number of carbonyl (C=O) groups is 2. The monoisotopic (exact) mass is 469 g/mol. The molecule has 1 aromatic heterocycles. The number of methoxy groups -OCH3 is 2. The Morgan fingerprint density at radius 1 is 1.10 bits per heavy atom. The van der Waals surface area contributed by atoms with Gasteiger partial charge in [0.15, 0.2) is 26.5 Å². The SMILES string of the molecule is COc1cc(Cl)c(C(=O)NC(=O)Nc2nc3ccc(S(C)(=O)=O)cc3s2)cc1OC. The summed E-state index contributed by atoms with van der Waals surface area (Å²) in [5.41, 5.74) is 0.531. The van der Waals surface area contributed by atoms with Gasteiger partial charge in [0, 0.05) is 12.3 Å². The number of anilines is 1. The smallest absolute Gasteiger partial charge is 0.327 e. The van der Waals surface area contributed by atoms with E-state index < -0.39 is 21.8 Å². The molecule has 3 amide bonds. The van der Waals surface area contributed by atoms with Crippen molar-refractivity contribution in [3.05, 3.63) is 40.9 Å². The lowest BCUT2D eigenvalue weighted by atomic mass is 10.2. The lowest BCUT2D eigenvalue weighted by molar-refractivity contribution is 0.0967. The second kappa shape index (κ2) is 8.46. The Balaban J connectivity index is 1.76. The van der Waals surface area contributed by atoms with Crippen LogP contribution in [0.1, 0.15) is 10.4 Å². The Bertz CT molecular complexity index is 1260. The average Bonchev–Trinajstić information content (AvgIpc) is 3.07. The molecule has 12 heteroatoms. The average molecular weight is 470 g/mol. The molecule has 0 saturated heterocycles. The van der Waals surface area contributed by atoms with Crippen molar-refractivity contribution in [1.82, 2.24) is 10.3 Å². The van der Waals surface area contributed by atoms with Crippen LogP contribution >= 0.6 is 22.9 Å². The van der Waals surface area contributed by atoms with Gasteiger partial charge in [-0.05, 0) is 24.3 Å². The second-order valence-corrected chi connectivity index (χ2v) is 9.47. The largest absolute Gasteiger partial charge is 0.493 e. The number of thiazole rings is 1. The second-order valence-electron chi connectivity index (χ2n) is 6.02. The molecule has 0 aliphatic rings. The lowest BCUT2D eigenvalue weighted by Crippen LogP contribution is -2.34. The number of aromatic nitrogens is 1. The molecule has 158 valence electrons. The van der Waals surface area contributed by atoms with E-state index in [2.05, 4.69) is 15.6 Å². The van der Waals surface area contributed by atoms with Crippen LogP contribution < -0.4 is 20.1 Å². The molecule has 2 aromatic carbocycles. The zero-order valence-electron chi connectivity index (χ0n) is 16.0. The molecule has 0 fully saturated rings. The molecular weight excluding hydrogens is 454 g/mol. The molecule has 30 heavy (non-hydrogen) atoms. The normalized spacial score (nSPS) is 11.2. The van der Waals surface area contributed by atoms with E-state index in [-0.39, 0.29) is 26.4 Å². The van der Waals surface area contributed by atoms with E-state index in [9.17, 15) is 18.0 Å². The summed E-state index contributed by atoms with van der Waals surface area (Å²) in [7, 11) is -0.533. The van der Waals surface area contributed by atoms with Gasteiger partial charge in [0.1, 0.15) is 0 Å². The molecule has 2 N–H and O–H groups in total. The number of fused-ring (bicyclic) bond motifs is 1. The minimum Gasteiger partial charge on any atom is -0.493 e. The number of hydrogen-bond donors (Lipinski definition) is 2. The number of urea groups is 1. The maximum absolute atomic E-state index is 12.4. The van der Waals surface area contributed by atoms with Crippen molar-refractivity contribution in [3.8, 4) is 11.5 Å². The number of amides is 3. The molecule has 0 aliphatic heterocycles. The van der Waals surface area contributed by atoms with Crippen LogP contribution in [0, 0.1) is 0 Å². The first kappa shape index (κ1) is 21.8. The van der Waals surface area contributed by atoms with Gasteiger partial charge in [-0.15, -0.1) is 0 Å². The number of halogens is 1. The van der Waals surface area contributed by atoms with Crippen molar-refractivity contribution < 1.29 is 27.5 Å². The number of nitrogens with one attached hydrogen (secondary N) is 2. The first-order valence-corrected chi connectivity index (χ1v) is 11.4. The molecular formula is C18H16ClN3O6S2. The Labute approximate surface area is 180 Å². The van der Waals surface area contributed by atoms with Gasteiger partial charge in [0.25, 0.3) is 5.91 Å². The Hall–Kier alpha value is -2.89. The molecule has 3 rings (SSSR count). The van der Waals surface area contributed by atoms with E-state index in [1.165, 1.54) is 38.5 Å². The van der Waals surface area contributed by atoms with Gasteiger partial charge in [-0.1, -0.05) is 22.9 Å². The fraction of sp³-hybridized carbons (Fsp3) is 0.167. The number of benzene rings is 2. The number of rotatable bonds is 5. The van der Waals surface area contributed by atoms with E-state index in [0.29, 0.717) is 16.0 Å². The van der Waals surface area contributed by atoms with Crippen LogP contribution in [0.3, 0.4) is 0 Å². The highest BCUT2D eigenvalue weighted by Crippen LogP contribution is 2.33. The van der Waals surface area contributed by atoms with E-state index >= 15 is 0 Å².